The maximum atomic E-state index is 12.0. The normalized spacial score (nSPS) is 16.8. The van der Waals surface area contributed by atoms with E-state index in [1.807, 2.05) is 30.1 Å². The van der Waals surface area contributed by atoms with Crippen molar-refractivity contribution in [1.82, 2.24) is 10.4 Å². The molecule has 0 atom stereocenters. The Bertz CT molecular complexity index is 417. The van der Waals surface area contributed by atoms with Crippen LogP contribution in [0.15, 0.2) is 22.7 Å². The van der Waals surface area contributed by atoms with Gasteiger partial charge in [0.1, 0.15) is 0 Å². The Labute approximate surface area is 109 Å². The van der Waals surface area contributed by atoms with Gasteiger partial charge in [0.2, 0.25) is 0 Å². The van der Waals surface area contributed by atoms with Crippen LogP contribution in [0, 0.1) is 6.92 Å². The average Bonchev–Trinajstić information content (AvgIpc) is 2.34. The van der Waals surface area contributed by atoms with E-state index in [2.05, 4.69) is 21.4 Å². The molecular formula is C12H15BrN2O2. The van der Waals surface area contributed by atoms with E-state index in [0.717, 1.165) is 23.1 Å². The first-order chi connectivity index (χ1) is 8.16. The van der Waals surface area contributed by atoms with Crippen LogP contribution in [0.25, 0.3) is 0 Å². The Morgan fingerprint density at radius 1 is 1.41 bits per heavy atom. The Hall–Kier alpha value is -0.910. The first-order valence-corrected chi connectivity index (χ1v) is 6.36. The van der Waals surface area contributed by atoms with Crippen LogP contribution in [0.4, 0.5) is 0 Å². The molecular weight excluding hydrogens is 284 g/mol. The van der Waals surface area contributed by atoms with Crippen molar-refractivity contribution in [2.45, 2.75) is 6.92 Å². The number of halogens is 1. The van der Waals surface area contributed by atoms with Gasteiger partial charge in [0.15, 0.2) is 0 Å². The smallest absolute Gasteiger partial charge is 0.265 e. The first-order valence-electron chi connectivity index (χ1n) is 5.56. The number of ether oxygens (including phenoxy) is 1. The van der Waals surface area contributed by atoms with Gasteiger partial charge in [-0.2, -0.15) is 0 Å². The number of hydrogen-bond donors (Lipinski definition) is 1. The topological polar surface area (TPSA) is 41.6 Å². The highest BCUT2D eigenvalue weighted by Gasteiger charge is 2.14. The zero-order valence-electron chi connectivity index (χ0n) is 9.70. The summed E-state index contributed by atoms with van der Waals surface area (Å²) in [6, 6.07) is 5.60. The van der Waals surface area contributed by atoms with E-state index in [4.69, 9.17) is 4.74 Å². The molecule has 0 radical (unpaired) electrons. The molecule has 0 bridgehead atoms. The molecule has 0 spiro atoms. The van der Waals surface area contributed by atoms with Crippen LogP contribution in [-0.2, 0) is 4.74 Å². The third-order valence-electron chi connectivity index (χ3n) is 2.70. The molecule has 1 saturated heterocycles. The maximum absolute atomic E-state index is 12.0. The van der Waals surface area contributed by atoms with Gasteiger partial charge in [-0.3, -0.25) is 10.2 Å². The number of aryl methyl sites for hydroxylation is 1. The lowest BCUT2D eigenvalue weighted by Gasteiger charge is -2.26. The average molecular weight is 299 g/mol. The summed E-state index contributed by atoms with van der Waals surface area (Å²) in [6.45, 7) is 4.79. The molecule has 0 aliphatic carbocycles. The summed E-state index contributed by atoms with van der Waals surface area (Å²) in [4.78, 5) is 12.0. The molecule has 0 aromatic heterocycles. The number of nitrogens with zero attached hydrogens (tertiary/aromatic N) is 1. The van der Waals surface area contributed by atoms with E-state index in [1.54, 1.807) is 0 Å². The second kappa shape index (κ2) is 5.62. The molecule has 1 aliphatic rings. The number of hydrogen-bond acceptors (Lipinski definition) is 3. The van der Waals surface area contributed by atoms with E-state index in [0.29, 0.717) is 18.8 Å². The number of carbonyl (C=O) groups is 1. The fraction of sp³-hybridized carbons (Fsp3) is 0.417. The van der Waals surface area contributed by atoms with E-state index < -0.39 is 0 Å². The summed E-state index contributed by atoms with van der Waals surface area (Å²) >= 11 is 3.43. The van der Waals surface area contributed by atoms with Crippen LogP contribution in [0.1, 0.15) is 15.9 Å². The number of rotatable bonds is 2. The highest BCUT2D eigenvalue weighted by molar-refractivity contribution is 9.10. The van der Waals surface area contributed by atoms with Gasteiger partial charge in [-0.05, 0) is 24.6 Å². The van der Waals surface area contributed by atoms with Gasteiger partial charge in [-0.15, -0.1) is 0 Å². The molecule has 17 heavy (non-hydrogen) atoms. The lowest BCUT2D eigenvalue weighted by atomic mass is 10.1. The molecule has 0 saturated carbocycles. The van der Waals surface area contributed by atoms with Crippen molar-refractivity contribution >= 4 is 21.8 Å². The van der Waals surface area contributed by atoms with E-state index in [9.17, 15) is 4.79 Å². The molecule has 1 fully saturated rings. The van der Waals surface area contributed by atoms with Crippen LogP contribution < -0.4 is 5.43 Å². The molecule has 1 aromatic carbocycles. The predicted molar refractivity (Wildman–Crippen MR) is 68.7 cm³/mol. The molecule has 2 rings (SSSR count). The first kappa shape index (κ1) is 12.5. The van der Waals surface area contributed by atoms with Gasteiger partial charge < -0.3 is 4.74 Å². The van der Waals surface area contributed by atoms with E-state index in [1.165, 1.54) is 0 Å². The van der Waals surface area contributed by atoms with Crippen molar-refractivity contribution < 1.29 is 9.53 Å². The van der Waals surface area contributed by atoms with Gasteiger partial charge in [0.05, 0.1) is 13.2 Å². The van der Waals surface area contributed by atoms with E-state index >= 15 is 0 Å². The maximum Gasteiger partial charge on any atom is 0.265 e. The third kappa shape index (κ3) is 3.28. The summed E-state index contributed by atoms with van der Waals surface area (Å²) in [5.74, 6) is -0.0763. The minimum Gasteiger partial charge on any atom is -0.379 e. The summed E-state index contributed by atoms with van der Waals surface area (Å²) in [6.07, 6.45) is 0. The van der Waals surface area contributed by atoms with Crippen LogP contribution in [-0.4, -0.2) is 37.2 Å². The Balaban J connectivity index is 2.01. The summed E-state index contributed by atoms with van der Waals surface area (Å²) in [5.41, 5.74) is 4.65. The molecule has 1 heterocycles. The highest BCUT2D eigenvalue weighted by atomic mass is 79.9. The molecule has 1 aliphatic heterocycles. The standard InChI is InChI=1S/C12H15BrN2O2/c1-9-2-3-10(8-11(9)13)12(16)14-15-4-6-17-7-5-15/h2-3,8H,4-7H2,1H3,(H,14,16). The quantitative estimate of drug-likeness (QED) is 0.904. The van der Waals surface area contributed by atoms with Gasteiger partial charge in [0, 0.05) is 23.1 Å². The van der Waals surface area contributed by atoms with Gasteiger partial charge >= 0.3 is 0 Å². The highest BCUT2D eigenvalue weighted by Crippen LogP contribution is 2.17. The van der Waals surface area contributed by atoms with Gasteiger partial charge in [-0.25, -0.2) is 5.01 Å². The van der Waals surface area contributed by atoms with E-state index in [-0.39, 0.29) is 5.91 Å². The fourth-order valence-electron chi connectivity index (χ4n) is 1.62. The largest absolute Gasteiger partial charge is 0.379 e. The minimum absolute atomic E-state index is 0.0763. The van der Waals surface area contributed by atoms with Crippen LogP contribution in [0.5, 0.6) is 0 Å². The number of morpholine rings is 1. The van der Waals surface area contributed by atoms with Crippen molar-refractivity contribution in [2.24, 2.45) is 0 Å². The monoisotopic (exact) mass is 298 g/mol. The lowest BCUT2D eigenvalue weighted by Crippen LogP contribution is -2.48. The number of benzene rings is 1. The zero-order valence-corrected chi connectivity index (χ0v) is 11.3. The number of amides is 1. The van der Waals surface area contributed by atoms with Crippen LogP contribution in [0.2, 0.25) is 0 Å². The summed E-state index contributed by atoms with van der Waals surface area (Å²) < 4.78 is 6.17. The van der Waals surface area contributed by atoms with Crippen LogP contribution >= 0.6 is 15.9 Å². The molecule has 5 heteroatoms. The second-order valence-corrected chi connectivity index (χ2v) is 4.86. The van der Waals surface area contributed by atoms with Crippen molar-refractivity contribution in [3.63, 3.8) is 0 Å². The van der Waals surface area contributed by atoms with Crippen molar-refractivity contribution in [1.29, 1.82) is 0 Å². The molecule has 1 amide bonds. The molecule has 0 unspecified atom stereocenters. The lowest BCUT2D eigenvalue weighted by molar-refractivity contribution is 0.0126. The Morgan fingerprint density at radius 2 is 2.12 bits per heavy atom. The van der Waals surface area contributed by atoms with Crippen LogP contribution in [0.3, 0.4) is 0 Å². The molecule has 4 nitrogen and oxygen atoms in total. The summed E-state index contributed by atoms with van der Waals surface area (Å²) in [5, 5.41) is 1.89. The SMILES string of the molecule is Cc1ccc(C(=O)NN2CCOCC2)cc1Br. The van der Waals surface area contributed by atoms with Crippen molar-refractivity contribution in [3.05, 3.63) is 33.8 Å². The van der Waals surface area contributed by atoms with Crippen molar-refractivity contribution in [3.8, 4) is 0 Å². The molecule has 92 valence electrons. The van der Waals surface area contributed by atoms with Gasteiger partial charge in [0.25, 0.3) is 5.91 Å². The minimum atomic E-state index is -0.0763. The molecule has 1 aromatic rings. The molecule has 1 N–H and O–H groups in total. The number of hydrazine groups is 1. The van der Waals surface area contributed by atoms with Crippen molar-refractivity contribution in [2.75, 3.05) is 26.3 Å². The predicted octanol–water partition coefficient (Wildman–Crippen LogP) is 1.73. The number of nitrogens with one attached hydrogen (secondary N) is 1. The Morgan fingerprint density at radius 3 is 2.76 bits per heavy atom. The van der Waals surface area contributed by atoms with Gasteiger partial charge in [-0.1, -0.05) is 22.0 Å². The fourth-order valence-corrected chi connectivity index (χ4v) is 2.00. The zero-order chi connectivity index (χ0) is 12.3. The third-order valence-corrected chi connectivity index (χ3v) is 3.56. The number of carbonyl (C=O) groups excluding carboxylic acids is 1. The Kier molecular flexibility index (Phi) is 4.15. The second-order valence-electron chi connectivity index (χ2n) is 4.00. The summed E-state index contributed by atoms with van der Waals surface area (Å²) in [7, 11) is 0.